The fourth-order valence-corrected chi connectivity index (χ4v) is 6.95. The van der Waals surface area contributed by atoms with Gasteiger partial charge in [0.15, 0.2) is 0 Å². The van der Waals surface area contributed by atoms with Gasteiger partial charge in [-0.3, -0.25) is 4.79 Å². The van der Waals surface area contributed by atoms with Crippen LogP contribution in [0.5, 0.6) is 0 Å². The summed E-state index contributed by atoms with van der Waals surface area (Å²) in [7, 11) is 0. The van der Waals surface area contributed by atoms with Crippen LogP contribution in [-0.2, 0) is 4.79 Å². The molecule has 27 heavy (non-hydrogen) atoms. The summed E-state index contributed by atoms with van der Waals surface area (Å²) in [6.07, 6.45) is 14.4. The summed E-state index contributed by atoms with van der Waals surface area (Å²) in [6, 6.07) is 0.446. The van der Waals surface area contributed by atoms with Gasteiger partial charge in [-0.1, -0.05) is 19.3 Å². The lowest BCUT2D eigenvalue weighted by Gasteiger charge is -2.59. The topological polar surface area (TPSA) is 70.2 Å². The highest BCUT2D eigenvalue weighted by atomic mass is 16.2. The van der Waals surface area contributed by atoms with Gasteiger partial charge in [0.2, 0.25) is 5.91 Å². The largest absolute Gasteiger partial charge is 0.353 e. The van der Waals surface area contributed by atoms with E-state index >= 15 is 0 Å². The van der Waals surface area contributed by atoms with Crippen molar-refractivity contribution in [2.75, 3.05) is 6.54 Å². The second-order valence-electron chi connectivity index (χ2n) is 10.1. The fraction of sp³-hybridized carbons (Fsp3) is 0.909. The van der Waals surface area contributed by atoms with E-state index < -0.39 is 0 Å². The lowest BCUT2D eigenvalue weighted by atomic mass is 9.48. The predicted octanol–water partition coefficient (Wildman–Crippen LogP) is 3.73. The number of rotatable bonds is 6. The molecule has 3 amide bonds. The first-order chi connectivity index (χ1) is 13.0. The summed E-state index contributed by atoms with van der Waals surface area (Å²) in [5.41, 5.74) is 0.343. The Bertz CT molecular complexity index is 520. The quantitative estimate of drug-likeness (QED) is 0.662. The van der Waals surface area contributed by atoms with Crippen LogP contribution in [0.4, 0.5) is 4.79 Å². The van der Waals surface area contributed by atoms with Crippen LogP contribution < -0.4 is 16.0 Å². The Hall–Kier alpha value is -1.26. The van der Waals surface area contributed by atoms with Gasteiger partial charge in [0.05, 0.1) is 0 Å². The van der Waals surface area contributed by atoms with Crippen LogP contribution in [0.3, 0.4) is 0 Å². The van der Waals surface area contributed by atoms with Crippen molar-refractivity contribution in [1.82, 2.24) is 16.0 Å². The van der Waals surface area contributed by atoms with Crippen molar-refractivity contribution in [2.24, 2.45) is 23.2 Å². The molecule has 0 saturated heterocycles. The molecular weight excluding hydrogens is 338 g/mol. The first kappa shape index (κ1) is 19.1. The molecule has 5 fully saturated rings. The average molecular weight is 376 g/mol. The van der Waals surface area contributed by atoms with Crippen molar-refractivity contribution in [2.45, 2.75) is 96.1 Å². The third-order valence-electron chi connectivity index (χ3n) is 7.96. The van der Waals surface area contributed by atoms with Gasteiger partial charge in [-0.2, -0.15) is 0 Å². The number of nitrogens with one attached hydrogen (secondary N) is 3. The third kappa shape index (κ3) is 4.43. The van der Waals surface area contributed by atoms with Crippen molar-refractivity contribution in [3.8, 4) is 0 Å². The van der Waals surface area contributed by atoms with Crippen molar-refractivity contribution in [3.63, 3.8) is 0 Å². The number of hydrogen-bond donors (Lipinski definition) is 3. The number of amides is 3. The normalized spacial score (nSPS) is 36.3. The number of urea groups is 1. The molecule has 0 aromatic carbocycles. The van der Waals surface area contributed by atoms with Crippen LogP contribution in [-0.4, -0.2) is 30.6 Å². The smallest absolute Gasteiger partial charge is 0.315 e. The molecule has 0 aliphatic heterocycles. The summed E-state index contributed by atoms with van der Waals surface area (Å²) in [5, 5.41) is 9.18. The Morgan fingerprint density at radius 3 is 2.15 bits per heavy atom. The molecule has 0 aromatic heterocycles. The van der Waals surface area contributed by atoms with Crippen LogP contribution in [0.2, 0.25) is 0 Å². The van der Waals surface area contributed by atoms with E-state index in [2.05, 4.69) is 22.9 Å². The summed E-state index contributed by atoms with van der Waals surface area (Å²) >= 11 is 0. The van der Waals surface area contributed by atoms with Gasteiger partial charge in [0.25, 0.3) is 0 Å². The second-order valence-corrected chi connectivity index (χ2v) is 10.1. The van der Waals surface area contributed by atoms with E-state index in [-0.39, 0.29) is 18.0 Å². The van der Waals surface area contributed by atoms with Gasteiger partial charge in [0.1, 0.15) is 0 Å². The van der Waals surface area contributed by atoms with Gasteiger partial charge in [-0.25, -0.2) is 4.79 Å². The summed E-state index contributed by atoms with van der Waals surface area (Å²) < 4.78 is 0. The minimum Gasteiger partial charge on any atom is -0.353 e. The standard InChI is InChI=1S/C22H37N3O2/c1-15(22-12-16-9-17(13-22)11-18(10-16)14-22)24-20(26)7-8-23-21(27)25-19-5-3-2-4-6-19/h15-19H,2-14H2,1H3,(H,24,26)(H2,23,25,27)/t15-,16?,17?,18?,22?/m1/s1. The number of carbonyl (C=O) groups is 2. The fourth-order valence-electron chi connectivity index (χ4n) is 6.95. The van der Waals surface area contributed by atoms with Crippen LogP contribution >= 0.6 is 0 Å². The van der Waals surface area contributed by atoms with E-state index in [0.29, 0.717) is 24.4 Å². The van der Waals surface area contributed by atoms with E-state index in [1.807, 2.05) is 0 Å². The Balaban J connectivity index is 1.18. The molecule has 5 aliphatic carbocycles. The molecule has 5 saturated carbocycles. The molecule has 5 heteroatoms. The lowest BCUT2D eigenvalue weighted by Crippen LogP contribution is -2.56. The van der Waals surface area contributed by atoms with Crippen molar-refractivity contribution in [1.29, 1.82) is 0 Å². The zero-order valence-corrected chi connectivity index (χ0v) is 16.9. The van der Waals surface area contributed by atoms with E-state index in [0.717, 1.165) is 30.6 Å². The molecule has 1 atom stereocenters. The van der Waals surface area contributed by atoms with Crippen LogP contribution in [0, 0.1) is 23.2 Å². The molecular formula is C22H37N3O2. The molecule has 3 N–H and O–H groups in total. The molecule has 5 rings (SSSR count). The Labute approximate surface area is 163 Å². The molecule has 0 aromatic rings. The lowest BCUT2D eigenvalue weighted by molar-refractivity contribution is -0.125. The molecule has 5 nitrogen and oxygen atoms in total. The Kier molecular flexibility index (Phi) is 5.65. The molecule has 0 unspecified atom stereocenters. The molecule has 4 bridgehead atoms. The maximum atomic E-state index is 12.4. The highest BCUT2D eigenvalue weighted by molar-refractivity contribution is 5.78. The average Bonchev–Trinajstić information content (AvgIpc) is 2.61. The SMILES string of the molecule is C[C@@H](NC(=O)CCNC(=O)NC1CCCCC1)C12CC3CC(CC(C3)C1)C2. The molecule has 0 heterocycles. The number of carbonyl (C=O) groups excluding carboxylic acids is 2. The maximum Gasteiger partial charge on any atom is 0.315 e. The van der Waals surface area contributed by atoms with E-state index in [4.69, 9.17) is 0 Å². The summed E-state index contributed by atoms with van der Waals surface area (Å²) in [5.74, 6) is 2.79. The Morgan fingerprint density at radius 2 is 1.56 bits per heavy atom. The predicted molar refractivity (Wildman–Crippen MR) is 106 cm³/mol. The first-order valence-electron chi connectivity index (χ1n) is 11.4. The van der Waals surface area contributed by atoms with E-state index in [1.54, 1.807) is 0 Å². The van der Waals surface area contributed by atoms with Gasteiger partial charge in [0, 0.05) is 25.0 Å². The zero-order valence-electron chi connectivity index (χ0n) is 16.9. The van der Waals surface area contributed by atoms with Crippen LogP contribution in [0.1, 0.15) is 84.0 Å². The Morgan fingerprint density at radius 1 is 0.963 bits per heavy atom. The van der Waals surface area contributed by atoms with Gasteiger partial charge >= 0.3 is 6.03 Å². The third-order valence-corrected chi connectivity index (χ3v) is 7.96. The highest BCUT2D eigenvalue weighted by Gasteiger charge is 2.53. The van der Waals surface area contributed by atoms with Gasteiger partial charge in [-0.15, -0.1) is 0 Å². The van der Waals surface area contributed by atoms with E-state index in [1.165, 1.54) is 57.8 Å². The molecule has 5 aliphatic rings. The van der Waals surface area contributed by atoms with Gasteiger partial charge in [-0.05, 0) is 81.5 Å². The number of hydrogen-bond acceptors (Lipinski definition) is 2. The summed E-state index contributed by atoms with van der Waals surface area (Å²) in [6.45, 7) is 2.63. The maximum absolute atomic E-state index is 12.4. The second kappa shape index (κ2) is 8.00. The van der Waals surface area contributed by atoms with E-state index in [9.17, 15) is 9.59 Å². The monoisotopic (exact) mass is 375 g/mol. The van der Waals surface area contributed by atoms with Crippen LogP contribution in [0.15, 0.2) is 0 Å². The van der Waals surface area contributed by atoms with Crippen LogP contribution in [0.25, 0.3) is 0 Å². The zero-order chi connectivity index (χ0) is 18.9. The highest BCUT2D eigenvalue weighted by Crippen LogP contribution is 2.61. The molecule has 0 spiro atoms. The van der Waals surface area contributed by atoms with Crippen molar-refractivity contribution in [3.05, 3.63) is 0 Å². The van der Waals surface area contributed by atoms with Crippen molar-refractivity contribution < 1.29 is 9.59 Å². The minimum atomic E-state index is -0.121. The van der Waals surface area contributed by atoms with Crippen molar-refractivity contribution >= 4 is 11.9 Å². The summed E-state index contributed by atoms with van der Waals surface area (Å²) in [4.78, 5) is 24.4. The first-order valence-corrected chi connectivity index (χ1v) is 11.4. The molecule has 152 valence electrons. The van der Waals surface area contributed by atoms with Gasteiger partial charge < -0.3 is 16.0 Å². The molecule has 0 radical (unpaired) electrons. The minimum absolute atomic E-state index is 0.0798.